The van der Waals surface area contributed by atoms with E-state index in [0.717, 1.165) is 0 Å². The van der Waals surface area contributed by atoms with Crippen LogP contribution in [0.4, 0.5) is 0 Å². The van der Waals surface area contributed by atoms with E-state index in [2.05, 4.69) is 4.98 Å². The van der Waals surface area contributed by atoms with Crippen LogP contribution >= 0.6 is 0 Å². The van der Waals surface area contributed by atoms with Crippen molar-refractivity contribution in [2.45, 2.75) is 6.92 Å². The van der Waals surface area contributed by atoms with Crippen LogP contribution in [0.2, 0.25) is 0 Å². The largest absolute Gasteiger partial charge is 0.248 e. The van der Waals surface area contributed by atoms with Gasteiger partial charge in [-0.15, -0.1) is 0 Å². The minimum atomic E-state index is -0.630. The average Bonchev–Trinajstić information content (AvgIpc) is 2.74. The summed E-state index contributed by atoms with van der Waals surface area (Å²) in [4.78, 5) is 4.13. The van der Waals surface area contributed by atoms with Gasteiger partial charge in [0.25, 0.3) is 0 Å². The molecule has 0 spiro atoms. The summed E-state index contributed by atoms with van der Waals surface area (Å²) < 4.78 is 96.1. The smallest absolute Gasteiger partial charge is 0.0712 e. The van der Waals surface area contributed by atoms with Crippen molar-refractivity contribution in [3.63, 3.8) is 0 Å². The monoisotopic (exact) mass is 257 g/mol. The lowest BCUT2D eigenvalue weighted by Gasteiger charge is -2.07. The fourth-order valence-corrected chi connectivity index (χ4v) is 1.53. The molecule has 0 aliphatic carbocycles. The molecule has 1 heterocycles. The number of aromatic nitrogens is 1. The minimum absolute atomic E-state index is 0.0126. The number of nitrogens with zero attached hydrogens (tertiary/aromatic N) is 1. The van der Waals surface area contributed by atoms with E-state index in [0.29, 0.717) is 0 Å². The molecule has 0 aliphatic rings. The zero-order valence-electron chi connectivity index (χ0n) is 21.9. The summed E-state index contributed by atoms with van der Waals surface area (Å²) in [5.41, 5.74) is -1.40. The average molecular weight is 257 g/mol. The van der Waals surface area contributed by atoms with E-state index in [1.165, 1.54) is 6.92 Å². The first-order valence-corrected chi connectivity index (χ1v) is 5.45. The topological polar surface area (TPSA) is 12.9 Å². The van der Waals surface area contributed by atoms with Gasteiger partial charge in [0.05, 0.1) is 27.8 Å². The molecule has 0 fully saturated rings. The highest BCUT2D eigenvalue weighted by molar-refractivity contribution is 5.67. The van der Waals surface area contributed by atoms with Crippen molar-refractivity contribution in [1.82, 2.24) is 4.98 Å². The highest BCUT2D eigenvalue weighted by Crippen LogP contribution is 2.24. The third kappa shape index (κ3) is 2.55. The Hall–Kier alpha value is -2.41. The van der Waals surface area contributed by atoms with E-state index < -0.39 is 60.4 Å². The molecule has 0 bridgehead atoms. The maximum atomic E-state index is 8.33. The van der Waals surface area contributed by atoms with Gasteiger partial charge in [-0.25, -0.2) is 4.98 Å². The van der Waals surface area contributed by atoms with E-state index in [9.17, 15) is 0 Å². The summed E-state index contributed by atoms with van der Waals surface area (Å²) in [6.07, 6.45) is 0. The quantitative estimate of drug-likeness (QED) is 0.647. The minimum Gasteiger partial charge on any atom is -0.248 e. The molecule has 0 N–H and O–H groups in total. The fraction of sp³-hybridized carbons (Fsp3) is 0.0556. The van der Waals surface area contributed by atoms with Crippen molar-refractivity contribution in [2.24, 2.45) is 0 Å². The summed E-state index contributed by atoms with van der Waals surface area (Å²) in [6.45, 7) is 1.38. The van der Waals surface area contributed by atoms with Gasteiger partial charge >= 0.3 is 0 Å². The van der Waals surface area contributed by atoms with Crippen LogP contribution in [0.15, 0.2) is 72.5 Å². The van der Waals surface area contributed by atoms with Gasteiger partial charge in [-0.2, -0.15) is 0 Å². The summed E-state index contributed by atoms with van der Waals surface area (Å²) in [6, 6.07) is -6.89. The molecule has 0 saturated carbocycles. The van der Waals surface area contributed by atoms with Crippen molar-refractivity contribution < 1.29 is 16.4 Å². The molecule has 1 nitrogen and oxygen atoms in total. The lowest BCUT2D eigenvalue weighted by atomic mass is 10.1. The maximum Gasteiger partial charge on any atom is 0.0712 e. The lowest BCUT2D eigenvalue weighted by Crippen LogP contribution is -1.89. The zero-order chi connectivity index (χ0) is 23.5. The highest BCUT2D eigenvalue weighted by atomic mass is 14.7. The van der Waals surface area contributed by atoms with E-state index in [-0.39, 0.29) is 40.2 Å². The molecule has 3 rings (SSSR count). The first-order chi connectivity index (χ1) is 14.3. The Morgan fingerprint density at radius 2 is 1.16 bits per heavy atom. The number of hydrogen-bond donors (Lipinski definition) is 0. The van der Waals surface area contributed by atoms with Crippen molar-refractivity contribution in [1.29, 1.82) is 0 Å². The molecule has 1 heteroatoms. The number of rotatable bonds is 2. The normalized spacial score (nSPS) is 19.2. The molecule has 0 saturated heterocycles. The van der Waals surface area contributed by atoms with Gasteiger partial charge in [-0.05, 0) is 24.6 Å². The third-order valence-corrected chi connectivity index (χ3v) is 2.31. The molecular weight excluding hydrogens is 230 g/mol. The summed E-state index contributed by atoms with van der Waals surface area (Å²) in [5, 5.41) is 0. The summed E-state index contributed by atoms with van der Waals surface area (Å²) in [5.74, 6) is 0. The second-order valence-electron chi connectivity index (χ2n) is 3.68. The van der Waals surface area contributed by atoms with E-state index in [4.69, 9.17) is 16.4 Å². The van der Waals surface area contributed by atoms with E-state index in [1.54, 1.807) is 0 Å². The number of pyridine rings is 1. The second-order valence-corrected chi connectivity index (χ2v) is 3.68. The van der Waals surface area contributed by atoms with Gasteiger partial charge in [-0.3, -0.25) is 0 Å². The molecule has 1 aromatic heterocycles. The fourth-order valence-electron chi connectivity index (χ4n) is 1.53. The predicted molar refractivity (Wildman–Crippen MR) is 79.8 cm³/mol. The van der Waals surface area contributed by atoms with Crippen LogP contribution in [0.1, 0.15) is 22.0 Å². The van der Waals surface area contributed by atoms with Crippen LogP contribution in [0.3, 0.4) is 0 Å². The Labute approximate surface area is 130 Å². The molecule has 0 atom stereocenters. The molecule has 0 radical (unpaired) electrons. The third-order valence-electron chi connectivity index (χ3n) is 2.31. The second kappa shape index (κ2) is 5.07. The van der Waals surface area contributed by atoms with Gasteiger partial charge in [-0.1, -0.05) is 60.4 Å². The van der Waals surface area contributed by atoms with Crippen LogP contribution in [-0.4, -0.2) is 4.98 Å². The Morgan fingerprint density at radius 3 is 1.58 bits per heavy atom. The first-order valence-electron chi connectivity index (χ1n) is 11.4. The lowest BCUT2D eigenvalue weighted by molar-refractivity contribution is 1.29. The maximum absolute atomic E-state index is 8.33. The van der Waals surface area contributed by atoms with Crippen molar-refractivity contribution in [2.75, 3.05) is 0 Å². The van der Waals surface area contributed by atoms with Crippen molar-refractivity contribution in [3.05, 3.63) is 78.1 Å². The molecule has 0 unspecified atom stereocenters. The molecule has 19 heavy (non-hydrogen) atoms. The van der Waals surface area contributed by atoms with E-state index in [1.807, 2.05) is 0 Å². The van der Waals surface area contributed by atoms with Gasteiger partial charge < -0.3 is 0 Å². The summed E-state index contributed by atoms with van der Waals surface area (Å²) >= 11 is 0. The Kier molecular flexibility index (Phi) is 1.15. The predicted octanol–water partition coefficient (Wildman–Crippen LogP) is 4.72. The molecule has 2 aromatic carbocycles. The Bertz CT molecular complexity index is 1120. The molecular formula is C18H15N. The standard InChI is InChI=1S/C18H15N/c1-14-12-17(15-8-4-2-5-9-15)19-18(13-14)16-10-6-3-7-11-16/h2-13H,1H3/i2D,3D,4D,5D,6D,7D,8D,9D,10D,11D,12D,13D. The molecule has 0 aliphatic heterocycles. The van der Waals surface area contributed by atoms with Crippen LogP contribution in [-0.2, 0) is 0 Å². The molecule has 0 amide bonds. The SMILES string of the molecule is [2H]c1c([2H])c([2H])c(-c2nc(-c3c([2H])c([2H])c([2H])c([2H])c3[2H])c([2H])c(C)c2[2H])c([2H])c1[2H]. The van der Waals surface area contributed by atoms with Gasteiger partial charge in [0.2, 0.25) is 0 Å². The number of benzene rings is 2. The molecule has 92 valence electrons. The van der Waals surface area contributed by atoms with Crippen LogP contribution < -0.4 is 0 Å². The van der Waals surface area contributed by atoms with Crippen LogP contribution in [0, 0.1) is 6.92 Å². The van der Waals surface area contributed by atoms with Crippen LogP contribution in [0.25, 0.3) is 22.5 Å². The van der Waals surface area contributed by atoms with Gasteiger partial charge in [0.15, 0.2) is 0 Å². The summed E-state index contributed by atoms with van der Waals surface area (Å²) in [7, 11) is 0. The van der Waals surface area contributed by atoms with Crippen LogP contribution in [0.5, 0.6) is 0 Å². The Morgan fingerprint density at radius 1 is 0.737 bits per heavy atom. The molecule has 3 aromatic rings. The van der Waals surface area contributed by atoms with E-state index >= 15 is 0 Å². The Balaban J connectivity index is 2.50. The van der Waals surface area contributed by atoms with Crippen molar-refractivity contribution in [3.8, 4) is 22.5 Å². The first kappa shape index (κ1) is 4.31. The highest BCUT2D eigenvalue weighted by Gasteiger charge is 2.04. The van der Waals surface area contributed by atoms with Gasteiger partial charge in [0, 0.05) is 11.1 Å². The van der Waals surface area contributed by atoms with Gasteiger partial charge in [0.1, 0.15) is 0 Å². The zero-order valence-corrected chi connectivity index (χ0v) is 9.95. The number of hydrogen-bond acceptors (Lipinski definition) is 1. The van der Waals surface area contributed by atoms with Crippen molar-refractivity contribution >= 4 is 0 Å².